The van der Waals surface area contributed by atoms with E-state index in [-0.39, 0.29) is 19.1 Å². The lowest BCUT2D eigenvalue weighted by atomic mass is 10.0. The molecule has 0 rings (SSSR count). The number of hydrogen-bond acceptors (Lipinski definition) is 5. The van der Waals surface area contributed by atoms with Crippen molar-refractivity contribution in [3.05, 3.63) is 48.6 Å². The van der Waals surface area contributed by atoms with Gasteiger partial charge in [-0.1, -0.05) is 332 Å². The lowest BCUT2D eigenvalue weighted by Gasteiger charge is -2.25. The third-order valence-electron chi connectivity index (χ3n) is 16.5. The lowest BCUT2D eigenvalue weighted by molar-refractivity contribution is -0.870. The van der Waals surface area contributed by atoms with Crippen LogP contribution in [0.1, 0.15) is 361 Å². The number of hydrogen-bond donors (Lipinski definition) is 3. The van der Waals surface area contributed by atoms with Crippen molar-refractivity contribution in [3.8, 4) is 0 Å². The first-order chi connectivity index (χ1) is 40.0. The molecule has 484 valence electrons. The minimum Gasteiger partial charge on any atom is -0.387 e. The molecule has 0 aromatic rings. The van der Waals surface area contributed by atoms with E-state index in [1.807, 2.05) is 27.2 Å². The Morgan fingerprint density at radius 1 is 0.402 bits per heavy atom. The second-order valence-corrected chi connectivity index (χ2v) is 27.4. The molecule has 0 saturated carbocycles. The summed E-state index contributed by atoms with van der Waals surface area (Å²) in [6.45, 7) is 4.84. The van der Waals surface area contributed by atoms with Crippen molar-refractivity contribution in [2.45, 2.75) is 373 Å². The van der Waals surface area contributed by atoms with Gasteiger partial charge in [0.1, 0.15) is 13.2 Å². The molecular formula is C73H142N2O6P+. The van der Waals surface area contributed by atoms with E-state index in [2.05, 4.69) is 55.6 Å². The molecule has 3 N–H and O–H groups in total. The summed E-state index contributed by atoms with van der Waals surface area (Å²) in [5.41, 5.74) is 0. The van der Waals surface area contributed by atoms with Gasteiger partial charge < -0.3 is 19.8 Å². The van der Waals surface area contributed by atoms with E-state index in [1.165, 1.54) is 295 Å². The fourth-order valence-corrected chi connectivity index (χ4v) is 11.6. The first-order valence-electron chi connectivity index (χ1n) is 36.0. The molecule has 1 amide bonds. The Hall–Kier alpha value is -1.54. The van der Waals surface area contributed by atoms with Crippen LogP contribution in [0.4, 0.5) is 0 Å². The number of carbonyl (C=O) groups is 1. The van der Waals surface area contributed by atoms with Crippen molar-refractivity contribution in [1.82, 2.24) is 5.32 Å². The molecule has 0 aliphatic rings. The molecule has 0 saturated heterocycles. The molecule has 82 heavy (non-hydrogen) atoms. The Labute approximate surface area is 511 Å². The highest BCUT2D eigenvalue weighted by atomic mass is 31.2. The monoisotopic (exact) mass is 1170 g/mol. The normalized spacial score (nSPS) is 13.9. The van der Waals surface area contributed by atoms with Crippen molar-refractivity contribution in [2.75, 3.05) is 40.9 Å². The first-order valence-corrected chi connectivity index (χ1v) is 37.5. The van der Waals surface area contributed by atoms with Gasteiger partial charge in [-0.15, -0.1) is 0 Å². The number of allylic oxidation sites excluding steroid dienone is 7. The summed E-state index contributed by atoms with van der Waals surface area (Å²) in [5.74, 6) is -0.185. The molecule has 3 unspecified atom stereocenters. The van der Waals surface area contributed by atoms with E-state index in [0.717, 1.165) is 44.9 Å². The van der Waals surface area contributed by atoms with Crippen LogP contribution in [-0.4, -0.2) is 73.4 Å². The first kappa shape index (κ1) is 80.5. The molecule has 0 aromatic heterocycles. The zero-order chi connectivity index (χ0) is 59.8. The molecule has 0 aliphatic carbocycles. The van der Waals surface area contributed by atoms with E-state index >= 15 is 0 Å². The van der Waals surface area contributed by atoms with Gasteiger partial charge >= 0.3 is 7.82 Å². The van der Waals surface area contributed by atoms with Crippen LogP contribution in [0.2, 0.25) is 0 Å². The van der Waals surface area contributed by atoms with Crippen LogP contribution < -0.4 is 5.32 Å². The third kappa shape index (κ3) is 66.0. The number of nitrogens with zero attached hydrogens (tertiary/aromatic N) is 1. The van der Waals surface area contributed by atoms with Gasteiger partial charge in [0.05, 0.1) is 39.9 Å². The van der Waals surface area contributed by atoms with Crippen molar-refractivity contribution < 1.29 is 32.9 Å². The van der Waals surface area contributed by atoms with Crippen molar-refractivity contribution in [2.24, 2.45) is 0 Å². The largest absolute Gasteiger partial charge is 0.472 e. The number of amides is 1. The van der Waals surface area contributed by atoms with Gasteiger partial charge in [0.15, 0.2) is 0 Å². The predicted octanol–water partition coefficient (Wildman–Crippen LogP) is 23.0. The van der Waals surface area contributed by atoms with E-state index in [0.29, 0.717) is 17.4 Å². The number of aliphatic hydroxyl groups is 1. The quantitative estimate of drug-likeness (QED) is 0.0243. The van der Waals surface area contributed by atoms with Gasteiger partial charge in [-0.05, 0) is 70.6 Å². The van der Waals surface area contributed by atoms with Crippen LogP contribution in [0.25, 0.3) is 0 Å². The molecule has 0 radical (unpaired) electrons. The summed E-state index contributed by atoms with van der Waals surface area (Å²) in [7, 11) is 1.56. The fraction of sp³-hybridized carbons (Fsp3) is 0.877. The van der Waals surface area contributed by atoms with Crippen LogP contribution in [0.3, 0.4) is 0 Å². The van der Waals surface area contributed by atoms with Gasteiger partial charge in [0, 0.05) is 6.42 Å². The maximum atomic E-state index is 13.0. The SMILES string of the molecule is CCCCCCCCCCCCCCC/C=C/CC/C=C/CC/C=C/C(O)C(COP(=O)(O)OCC[N+](C)(C)C)NC(=O)CCCCCCCCCCCCCCCCCCC/C=C\CCCCCCCCCCCCCCCCCC. The summed E-state index contributed by atoms with van der Waals surface area (Å²) in [6, 6.07) is -0.871. The number of phosphoric acid groups is 1. The second kappa shape index (κ2) is 63.9. The summed E-state index contributed by atoms with van der Waals surface area (Å²) >= 11 is 0. The Kier molecular flexibility index (Phi) is 62.7. The van der Waals surface area contributed by atoms with Crippen LogP contribution >= 0.6 is 7.82 Å². The number of carbonyl (C=O) groups excluding carboxylic acids is 1. The van der Waals surface area contributed by atoms with E-state index < -0.39 is 20.0 Å². The number of likely N-dealkylation sites (N-methyl/N-ethyl adjacent to an activating group) is 1. The molecule has 0 spiro atoms. The highest BCUT2D eigenvalue weighted by Gasteiger charge is 2.28. The molecule has 0 fully saturated rings. The van der Waals surface area contributed by atoms with E-state index in [4.69, 9.17) is 9.05 Å². The highest BCUT2D eigenvalue weighted by molar-refractivity contribution is 7.47. The zero-order valence-electron chi connectivity index (χ0n) is 55.5. The van der Waals surface area contributed by atoms with Crippen LogP contribution in [-0.2, 0) is 18.4 Å². The summed E-state index contributed by atoms with van der Waals surface area (Å²) < 4.78 is 23.8. The third-order valence-corrected chi connectivity index (χ3v) is 17.5. The van der Waals surface area contributed by atoms with Gasteiger partial charge in [-0.3, -0.25) is 13.8 Å². The molecule has 9 heteroatoms. The Morgan fingerprint density at radius 3 is 0.976 bits per heavy atom. The number of phosphoric ester groups is 1. The van der Waals surface area contributed by atoms with Gasteiger partial charge in [-0.2, -0.15) is 0 Å². The van der Waals surface area contributed by atoms with Crippen LogP contribution in [0.5, 0.6) is 0 Å². The minimum absolute atomic E-state index is 0.0542. The molecule has 8 nitrogen and oxygen atoms in total. The molecule has 0 aromatic carbocycles. The standard InChI is InChI=1S/C73H141N2O6P/c1-6-8-10-12-14-16-18-20-22-24-26-28-30-31-32-33-34-35-36-37-38-39-40-41-42-43-45-47-49-51-53-55-57-59-61-63-65-67-73(77)74-71(70-81-82(78,79)80-69-68-75(3,4)5)72(76)66-64-62-60-58-56-54-52-50-48-46-44-29-27-25-23-21-19-17-15-13-11-9-7-2/h35-36,48,50,56,58,64,66,71-72,76H,6-34,37-47,49,51-55,57,59-63,65,67-70H2,1-5H3,(H-,74,77,78,79)/p+1/b36-35-,50-48+,58-56+,66-64+. The minimum atomic E-state index is -4.37. The van der Waals surface area contributed by atoms with Gasteiger partial charge in [-0.25, -0.2) is 4.57 Å². The molecular weight excluding hydrogens is 1030 g/mol. The Balaban J connectivity index is 4.02. The fourth-order valence-electron chi connectivity index (χ4n) is 10.9. The van der Waals surface area contributed by atoms with E-state index in [9.17, 15) is 19.4 Å². The van der Waals surface area contributed by atoms with Crippen LogP contribution in [0, 0.1) is 0 Å². The smallest absolute Gasteiger partial charge is 0.387 e. The topological polar surface area (TPSA) is 105 Å². The summed E-state index contributed by atoms with van der Waals surface area (Å²) in [6.07, 6.45) is 87.1. The van der Waals surface area contributed by atoms with Crippen LogP contribution in [0.15, 0.2) is 48.6 Å². The average Bonchev–Trinajstić information content (AvgIpc) is 3.47. The number of rotatable bonds is 67. The lowest BCUT2D eigenvalue weighted by Crippen LogP contribution is -2.45. The molecule has 0 heterocycles. The summed E-state index contributed by atoms with van der Waals surface area (Å²) in [5, 5.41) is 14.0. The average molecular weight is 1170 g/mol. The van der Waals surface area contributed by atoms with Gasteiger partial charge in [0.25, 0.3) is 0 Å². The Bertz CT molecular complexity index is 1480. The Morgan fingerprint density at radius 2 is 0.671 bits per heavy atom. The van der Waals surface area contributed by atoms with Crippen molar-refractivity contribution >= 4 is 13.7 Å². The van der Waals surface area contributed by atoms with Crippen molar-refractivity contribution in [3.63, 3.8) is 0 Å². The van der Waals surface area contributed by atoms with Gasteiger partial charge in [0.2, 0.25) is 5.91 Å². The number of unbranched alkanes of at least 4 members (excludes halogenated alkanes) is 48. The zero-order valence-corrected chi connectivity index (χ0v) is 56.4. The maximum absolute atomic E-state index is 13.0. The maximum Gasteiger partial charge on any atom is 0.472 e. The highest BCUT2D eigenvalue weighted by Crippen LogP contribution is 2.43. The van der Waals surface area contributed by atoms with E-state index in [1.54, 1.807) is 6.08 Å². The number of quaternary nitrogens is 1. The summed E-state index contributed by atoms with van der Waals surface area (Å²) in [4.78, 5) is 23.4. The predicted molar refractivity (Wildman–Crippen MR) is 360 cm³/mol. The second-order valence-electron chi connectivity index (χ2n) is 25.9. The molecule has 3 atom stereocenters. The molecule has 0 aliphatic heterocycles. The molecule has 0 bridgehead atoms. The van der Waals surface area contributed by atoms with Crippen molar-refractivity contribution in [1.29, 1.82) is 0 Å². The number of nitrogens with one attached hydrogen (secondary N) is 1. The number of aliphatic hydroxyl groups excluding tert-OH is 1.